The molecular weight excluding hydrogens is 438 g/mol. The summed E-state index contributed by atoms with van der Waals surface area (Å²) in [4.78, 5) is 17.5. The molecule has 10 heteroatoms. The number of carbonyl (C=O) groups excluding carboxylic acids is 1. The number of aliphatic imine (C=N–C) groups is 1. The average molecular weight is 464 g/mol. The highest BCUT2D eigenvalue weighted by Crippen LogP contribution is 2.23. The van der Waals surface area contributed by atoms with E-state index in [0.717, 1.165) is 0 Å². The van der Waals surface area contributed by atoms with Gasteiger partial charge in [0.1, 0.15) is 11.9 Å². The number of amidine groups is 1. The topological polar surface area (TPSA) is 122 Å². The number of hydrogen-bond acceptors (Lipinski definition) is 6. The molecule has 0 spiro atoms. The van der Waals surface area contributed by atoms with Crippen molar-refractivity contribution in [1.82, 2.24) is 10.0 Å². The first-order valence-electron chi connectivity index (χ1n) is 9.87. The van der Waals surface area contributed by atoms with Crippen molar-refractivity contribution in [1.29, 1.82) is 0 Å². The molecule has 8 nitrogen and oxygen atoms in total. The number of carbonyl (C=O) groups is 1. The van der Waals surface area contributed by atoms with Gasteiger partial charge in [0.2, 0.25) is 5.91 Å². The normalized spacial score (nSPS) is 17.2. The molecule has 2 aromatic carbocycles. The van der Waals surface area contributed by atoms with E-state index < -0.39 is 25.9 Å². The van der Waals surface area contributed by atoms with Gasteiger partial charge in [0.05, 0.1) is 15.5 Å². The molecule has 0 radical (unpaired) electrons. The molecule has 0 aliphatic carbocycles. The summed E-state index contributed by atoms with van der Waals surface area (Å²) < 4.78 is 51.6. The third-order valence-corrected chi connectivity index (χ3v) is 8.04. The van der Waals surface area contributed by atoms with Crippen LogP contribution in [0, 0.1) is 5.92 Å². The molecule has 1 heterocycles. The molecule has 1 atom stereocenters. The Morgan fingerprint density at radius 1 is 1.06 bits per heavy atom. The first-order chi connectivity index (χ1) is 14.6. The number of rotatable bonds is 8. The highest BCUT2D eigenvalue weighted by molar-refractivity contribution is 7.91. The largest absolute Gasteiger partial charge is 0.354 e. The molecule has 3 rings (SSSR count). The van der Waals surface area contributed by atoms with Gasteiger partial charge < -0.3 is 5.32 Å². The summed E-state index contributed by atoms with van der Waals surface area (Å²) in [5, 5.41) is 2.72. The zero-order chi connectivity index (χ0) is 22.6. The lowest BCUT2D eigenvalue weighted by Crippen LogP contribution is -2.39. The Kier molecular flexibility index (Phi) is 6.80. The predicted octanol–water partition coefficient (Wildman–Crippen LogP) is 1.73. The molecule has 0 saturated carbocycles. The minimum absolute atomic E-state index is 0.0919. The van der Waals surface area contributed by atoms with E-state index in [0.29, 0.717) is 5.56 Å². The monoisotopic (exact) mass is 463 g/mol. The Balaban J connectivity index is 1.65. The van der Waals surface area contributed by atoms with E-state index in [1.165, 1.54) is 6.07 Å². The van der Waals surface area contributed by atoms with Crippen molar-refractivity contribution in [3.63, 3.8) is 0 Å². The van der Waals surface area contributed by atoms with Gasteiger partial charge in [0.15, 0.2) is 9.84 Å². The molecule has 0 saturated heterocycles. The van der Waals surface area contributed by atoms with Crippen molar-refractivity contribution in [2.45, 2.75) is 36.1 Å². The Labute approximate surface area is 182 Å². The molecule has 0 bridgehead atoms. The van der Waals surface area contributed by atoms with Crippen molar-refractivity contribution in [3.8, 4) is 0 Å². The third kappa shape index (κ3) is 5.31. The molecule has 2 aromatic rings. The summed E-state index contributed by atoms with van der Waals surface area (Å²) >= 11 is 0. The number of benzene rings is 2. The fraction of sp³-hybridized carbons (Fsp3) is 0.333. The van der Waals surface area contributed by atoms with Crippen LogP contribution in [0.2, 0.25) is 0 Å². The summed E-state index contributed by atoms with van der Waals surface area (Å²) in [5.74, 6) is -0.539. The molecular formula is C21H25N3O5S2. The Morgan fingerprint density at radius 3 is 2.39 bits per heavy atom. The quantitative estimate of drug-likeness (QED) is 0.578. The highest BCUT2D eigenvalue weighted by atomic mass is 32.2. The van der Waals surface area contributed by atoms with Gasteiger partial charge >= 0.3 is 0 Å². The van der Waals surface area contributed by atoms with Crippen LogP contribution < -0.4 is 10.0 Å². The summed E-state index contributed by atoms with van der Waals surface area (Å²) in [6, 6.07) is 13.8. The van der Waals surface area contributed by atoms with Crippen molar-refractivity contribution >= 4 is 31.6 Å². The second-order valence-electron chi connectivity index (χ2n) is 7.54. The molecule has 1 aliphatic heterocycles. The zero-order valence-corrected chi connectivity index (χ0v) is 18.9. The second-order valence-corrected chi connectivity index (χ2v) is 11.3. The third-order valence-electron chi connectivity index (χ3n) is 4.82. The number of amides is 1. The smallest absolute Gasteiger partial charge is 0.263 e. The van der Waals surface area contributed by atoms with Gasteiger partial charge in [-0.1, -0.05) is 44.2 Å². The lowest BCUT2D eigenvalue weighted by molar-refractivity contribution is -0.123. The molecule has 0 aromatic heterocycles. The highest BCUT2D eigenvalue weighted by Gasteiger charge is 2.32. The van der Waals surface area contributed by atoms with Gasteiger partial charge in [0.25, 0.3) is 10.0 Å². The van der Waals surface area contributed by atoms with Crippen LogP contribution in [0.25, 0.3) is 0 Å². The van der Waals surface area contributed by atoms with Crippen LogP contribution in [0.4, 0.5) is 0 Å². The zero-order valence-electron chi connectivity index (χ0n) is 17.3. The molecule has 2 N–H and O–H groups in total. The van der Waals surface area contributed by atoms with E-state index in [1.807, 2.05) is 13.8 Å². The minimum atomic E-state index is -3.69. The van der Waals surface area contributed by atoms with Gasteiger partial charge in [0, 0.05) is 12.1 Å². The number of nitrogens with zero attached hydrogens (tertiary/aromatic N) is 1. The van der Waals surface area contributed by atoms with Gasteiger partial charge in [-0.25, -0.2) is 16.8 Å². The van der Waals surface area contributed by atoms with Crippen LogP contribution in [0.1, 0.15) is 25.8 Å². The fourth-order valence-electron chi connectivity index (χ4n) is 3.20. The maximum absolute atomic E-state index is 12.7. The Bertz CT molecular complexity index is 1190. The van der Waals surface area contributed by atoms with Crippen LogP contribution >= 0.6 is 0 Å². The second kappa shape index (κ2) is 9.19. The lowest BCUT2D eigenvalue weighted by atomic mass is 10.0. The van der Waals surface area contributed by atoms with E-state index in [4.69, 9.17) is 0 Å². The molecule has 31 heavy (non-hydrogen) atoms. The molecule has 0 fully saturated rings. The van der Waals surface area contributed by atoms with Crippen LogP contribution in [0.15, 0.2) is 69.4 Å². The van der Waals surface area contributed by atoms with Crippen LogP contribution in [0.5, 0.6) is 0 Å². The van der Waals surface area contributed by atoms with Crippen molar-refractivity contribution in [3.05, 3.63) is 60.2 Å². The van der Waals surface area contributed by atoms with Crippen LogP contribution in [0.3, 0.4) is 0 Å². The number of sulfonamides is 1. The van der Waals surface area contributed by atoms with Crippen molar-refractivity contribution in [2.24, 2.45) is 10.9 Å². The van der Waals surface area contributed by atoms with Gasteiger partial charge in [-0.05, 0) is 36.6 Å². The summed E-state index contributed by atoms with van der Waals surface area (Å²) in [6.45, 7) is 3.79. The lowest BCUT2D eigenvalue weighted by Gasteiger charge is -2.17. The first-order valence-corrected chi connectivity index (χ1v) is 13.0. The fourth-order valence-corrected chi connectivity index (χ4v) is 5.77. The van der Waals surface area contributed by atoms with E-state index in [1.54, 1.807) is 48.5 Å². The molecule has 1 aliphatic rings. The summed E-state index contributed by atoms with van der Waals surface area (Å²) in [6.07, 6.45) is 0.250. The van der Waals surface area contributed by atoms with Gasteiger partial charge in [-0.3, -0.25) is 14.5 Å². The summed E-state index contributed by atoms with van der Waals surface area (Å²) in [5.41, 5.74) is 0.426. The Morgan fingerprint density at radius 2 is 1.71 bits per heavy atom. The SMILES string of the molecule is CC(C)[C@H](N=C1NS(=O)(=O)c2ccccc21)C(=O)NCCCS(=O)(=O)c1ccccc1. The van der Waals surface area contributed by atoms with Crippen LogP contribution in [-0.4, -0.2) is 46.9 Å². The van der Waals surface area contributed by atoms with Gasteiger partial charge in [-0.2, -0.15) is 0 Å². The number of nitrogens with one attached hydrogen (secondary N) is 2. The predicted molar refractivity (Wildman–Crippen MR) is 118 cm³/mol. The first kappa shape index (κ1) is 23.0. The van der Waals surface area contributed by atoms with Gasteiger partial charge in [-0.15, -0.1) is 0 Å². The van der Waals surface area contributed by atoms with Crippen LogP contribution in [-0.2, 0) is 24.7 Å². The number of sulfone groups is 1. The minimum Gasteiger partial charge on any atom is -0.354 e. The van der Waals surface area contributed by atoms with E-state index in [9.17, 15) is 21.6 Å². The van der Waals surface area contributed by atoms with E-state index >= 15 is 0 Å². The average Bonchev–Trinajstić information content (AvgIpc) is 3.00. The molecule has 1 amide bonds. The standard InChI is InChI=1S/C21H25N3O5S2/c1-15(2)19(23-20-17-11-6-7-12-18(17)31(28,29)24-20)21(25)22-13-8-14-30(26,27)16-9-4-3-5-10-16/h3-7,9-12,15,19H,8,13-14H2,1-2H3,(H,22,25)(H,23,24)/t19-/m0/s1. The van der Waals surface area contributed by atoms with Crippen molar-refractivity contribution < 1.29 is 21.6 Å². The number of fused-ring (bicyclic) bond motifs is 1. The maximum Gasteiger partial charge on any atom is 0.263 e. The summed E-state index contributed by atoms with van der Waals surface area (Å²) in [7, 11) is -7.11. The maximum atomic E-state index is 12.7. The number of hydrogen-bond donors (Lipinski definition) is 2. The molecule has 0 unspecified atom stereocenters. The van der Waals surface area contributed by atoms with E-state index in [2.05, 4.69) is 15.0 Å². The van der Waals surface area contributed by atoms with Crippen molar-refractivity contribution in [2.75, 3.05) is 12.3 Å². The Hall–Kier alpha value is -2.72. The van der Waals surface area contributed by atoms with E-state index in [-0.39, 0.29) is 46.2 Å². The molecule has 166 valence electrons.